The molecule has 18 heavy (non-hydrogen) atoms. The molecular weight excluding hydrogens is 244 g/mol. The lowest BCUT2D eigenvalue weighted by Gasteiger charge is -2.01. The molecule has 1 aliphatic rings. The Morgan fingerprint density at radius 2 is 2.00 bits per heavy atom. The van der Waals surface area contributed by atoms with E-state index in [0.29, 0.717) is 16.7 Å². The minimum atomic E-state index is -0.0687. The van der Waals surface area contributed by atoms with Gasteiger partial charge in [-0.15, -0.1) is 11.3 Å². The zero-order valence-electron chi connectivity index (χ0n) is 10.3. The maximum atomic E-state index is 12.3. The van der Waals surface area contributed by atoms with Gasteiger partial charge in [-0.2, -0.15) is 0 Å². The van der Waals surface area contributed by atoms with Gasteiger partial charge in [0.15, 0.2) is 5.78 Å². The molecule has 0 amide bonds. The van der Waals surface area contributed by atoms with E-state index in [-0.39, 0.29) is 11.5 Å². The number of carbonyl (C=O) groups excluding carboxylic acids is 1. The van der Waals surface area contributed by atoms with Gasteiger partial charge in [0.25, 0.3) is 5.70 Å². The summed E-state index contributed by atoms with van der Waals surface area (Å²) in [5, 5.41) is 9.05. The molecular formula is C14H10N2OS. The number of thiophene rings is 1. The average molecular weight is 254 g/mol. The molecule has 1 aromatic rings. The third-order valence-electron chi connectivity index (χ3n) is 2.99. The number of hydrogen-bond acceptors (Lipinski definition) is 3. The van der Waals surface area contributed by atoms with Gasteiger partial charge in [0.2, 0.25) is 0 Å². The van der Waals surface area contributed by atoms with E-state index in [4.69, 9.17) is 11.8 Å². The molecule has 0 radical (unpaired) electrons. The van der Waals surface area contributed by atoms with Crippen LogP contribution in [-0.4, -0.2) is 5.78 Å². The van der Waals surface area contributed by atoms with Crippen molar-refractivity contribution in [3.63, 3.8) is 0 Å². The molecule has 3 nitrogen and oxygen atoms in total. The van der Waals surface area contributed by atoms with Crippen LogP contribution in [0.25, 0.3) is 10.4 Å². The van der Waals surface area contributed by atoms with Crippen LogP contribution in [0.1, 0.15) is 32.6 Å². The summed E-state index contributed by atoms with van der Waals surface area (Å²) in [7, 11) is 0. The number of hydrogen-bond donors (Lipinski definition) is 0. The molecule has 88 valence electrons. The summed E-state index contributed by atoms with van der Waals surface area (Å²) < 4.78 is 0. The molecule has 1 aromatic heterocycles. The molecule has 0 atom stereocenters. The second-order valence-electron chi connectivity index (χ2n) is 3.94. The van der Waals surface area contributed by atoms with Gasteiger partial charge in [0, 0.05) is 26.5 Å². The fraction of sp³-hybridized carbons (Fsp3) is 0.214. The van der Waals surface area contributed by atoms with Crippen LogP contribution in [0.4, 0.5) is 0 Å². The van der Waals surface area contributed by atoms with Gasteiger partial charge < -0.3 is 0 Å². The Kier molecular flexibility index (Phi) is 2.90. The van der Waals surface area contributed by atoms with Crippen LogP contribution in [0.2, 0.25) is 0 Å². The van der Waals surface area contributed by atoms with E-state index >= 15 is 0 Å². The minimum Gasteiger partial charge on any atom is -0.289 e. The number of nitriles is 1. The average Bonchev–Trinajstić information content (AvgIpc) is 2.79. The number of allylic oxidation sites excluding steroid dienone is 4. The highest BCUT2D eigenvalue weighted by Gasteiger charge is 2.35. The first kappa shape index (κ1) is 12.3. The Morgan fingerprint density at radius 1 is 1.39 bits per heavy atom. The van der Waals surface area contributed by atoms with Gasteiger partial charge in [-0.1, -0.05) is 6.08 Å². The summed E-state index contributed by atoms with van der Waals surface area (Å²) in [4.78, 5) is 17.5. The highest BCUT2D eigenvalue weighted by atomic mass is 32.1. The second-order valence-corrected chi connectivity index (χ2v) is 5.37. The Labute approximate surface area is 109 Å². The number of fused-ring (bicyclic) bond motifs is 1. The Balaban J connectivity index is 2.94. The molecule has 1 heterocycles. The fourth-order valence-electron chi connectivity index (χ4n) is 2.30. The molecule has 0 spiro atoms. The normalized spacial score (nSPS) is 18.5. The smallest absolute Gasteiger partial charge is 0.270 e. The summed E-state index contributed by atoms with van der Waals surface area (Å²) >= 11 is 1.54. The first-order chi connectivity index (χ1) is 8.56. The number of Topliss-reactive ketones (excluding diaryl/α,β-unsaturated/α-hetero) is 1. The third-order valence-corrected chi connectivity index (χ3v) is 4.02. The predicted molar refractivity (Wildman–Crippen MR) is 71.0 cm³/mol. The topological polar surface area (TPSA) is 45.2 Å². The lowest BCUT2D eigenvalue weighted by atomic mass is 10.0. The summed E-state index contributed by atoms with van der Waals surface area (Å²) in [5.41, 5.74) is 2.43. The molecule has 0 N–H and O–H groups in total. The van der Waals surface area contributed by atoms with Gasteiger partial charge in [0.05, 0.1) is 12.6 Å². The van der Waals surface area contributed by atoms with Crippen molar-refractivity contribution in [1.29, 1.82) is 5.26 Å². The van der Waals surface area contributed by atoms with E-state index in [1.807, 2.05) is 19.9 Å². The van der Waals surface area contributed by atoms with Gasteiger partial charge in [-0.05, 0) is 26.3 Å². The van der Waals surface area contributed by atoms with Gasteiger partial charge >= 0.3 is 0 Å². The zero-order chi connectivity index (χ0) is 13.4. The Bertz CT molecular complexity index is 689. The molecule has 0 aliphatic heterocycles. The van der Waals surface area contributed by atoms with E-state index in [2.05, 4.69) is 4.85 Å². The maximum absolute atomic E-state index is 12.3. The minimum absolute atomic E-state index is 0.00361. The van der Waals surface area contributed by atoms with Crippen molar-refractivity contribution in [3.8, 4) is 6.07 Å². The number of aryl methyl sites for hydroxylation is 2. The second kappa shape index (κ2) is 4.25. The molecule has 0 aromatic carbocycles. The number of nitrogens with zero attached hydrogens (tertiary/aromatic N) is 2. The number of ketones is 1. The van der Waals surface area contributed by atoms with Crippen molar-refractivity contribution in [1.82, 2.24) is 0 Å². The van der Waals surface area contributed by atoms with Crippen molar-refractivity contribution < 1.29 is 4.79 Å². The fourth-order valence-corrected chi connectivity index (χ4v) is 3.36. The van der Waals surface area contributed by atoms with Crippen LogP contribution in [-0.2, 0) is 0 Å². The molecule has 1 aliphatic carbocycles. The summed E-state index contributed by atoms with van der Waals surface area (Å²) in [6, 6.07) is 1.89. The lowest BCUT2D eigenvalue weighted by Crippen LogP contribution is -1.96. The number of carbonyl (C=O) groups is 1. The van der Waals surface area contributed by atoms with Crippen molar-refractivity contribution >= 4 is 22.7 Å². The quantitative estimate of drug-likeness (QED) is 0.403. The van der Waals surface area contributed by atoms with Crippen LogP contribution in [0.5, 0.6) is 0 Å². The van der Waals surface area contributed by atoms with Crippen LogP contribution in [0.15, 0.2) is 17.3 Å². The van der Waals surface area contributed by atoms with Crippen molar-refractivity contribution in [2.45, 2.75) is 20.8 Å². The molecule has 4 heteroatoms. The van der Waals surface area contributed by atoms with Crippen LogP contribution in [0, 0.1) is 31.8 Å². The highest BCUT2D eigenvalue weighted by Crippen LogP contribution is 2.45. The first-order valence-corrected chi connectivity index (χ1v) is 6.22. The van der Waals surface area contributed by atoms with E-state index < -0.39 is 0 Å². The van der Waals surface area contributed by atoms with E-state index in [9.17, 15) is 4.79 Å². The van der Waals surface area contributed by atoms with Crippen LogP contribution >= 0.6 is 11.3 Å². The van der Waals surface area contributed by atoms with Crippen molar-refractivity contribution in [2.75, 3.05) is 0 Å². The van der Waals surface area contributed by atoms with E-state index in [1.165, 1.54) is 11.3 Å². The first-order valence-electron chi connectivity index (χ1n) is 5.40. The van der Waals surface area contributed by atoms with E-state index in [1.54, 1.807) is 13.0 Å². The van der Waals surface area contributed by atoms with Crippen molar-refractivity contribution in [3.05, 3.63) is 49.6 Å². The summed E-state index contributed by atoms with van der Waals surface area (Å²) in [6.07, 6.45) is 1.68. The monoisotopic (exact) mass is 254 g/mol. The molecule has 0 saturated heterocycles. The lowest BCUT2D eigenvalue weighted by molar-refractivity contribution is 0.104. The van der Waals surface area contributed by atoms with E-state index in [0.717, 1.165) is 15.3 Å². The molecule has 0 bridgehead atoms. The Hall–Kier alpha value is -2.17. The molecule has 0 fully saturated rings. The maximum Gasteiger partial charge on any atom is 0.270 e. The predicted octanol–water partition coefficient (Wildman–Crippen LogP) is 3.66. The number of rotatable bonds is 0. The van der Waals surface area contributed by atoms with Gasteiger partial charge in [0.1, 0.15) is 0 Å². The molecule has 0 unspecified atom stereocenters. The summed E-state index contributed by atoms with van der Waals surface area (Å²) in [6.45, 7) is 12.7. The highest BCUT2D eigenvalue weighted by molar-refractivity contribution is 7.12. The molecule has 2 rings (SSSR count). The largest absolute Gasteiger partial charge is 0.289 e. The van der Waals surface area contributed by atoms with Crippen molar-refractivity contribution in [2.24, 2.45) is 0 Å². The SMILES string of the molecule is [C-]#[N+]C(C#N)=C1/C(=C/C)C(=O)c2c(C)sc(C)c21. The van der Waals surface area contributed by atoms with Crippen LogP contribution < -0.4 is 0 Å². The molecule has 0 saturated carbocycles. The van der Waals surface area contributed by atoms with Gasteiger partial charge in [-0.3, -0.25) is 4.79 Å². The zero-order valence-corrected chi connectivity index (χ0v) is 11.1. The van der Waals surface area contributed by atoms with Gasteiger partial charge in [-0.25, -0.2) is 10.1 Å². The standard InChI is InChI=1S/C14H10N2OS/c1-5-9-13(10(6-15)16-4)11-7(2)18-8(3)12(11)14(9)17/h5H,1-3H3/b9-5-,13-10?. The summed E-state index contributed by atoms with van der Waals surface area (Å²) in [5.74, 6) is -0.0687. The Morgan fingerprint density at radius 3 is 2.50 bits per heavy atom. The van der Waals surface area contributed by atoms with Crippen LogP contribution in [0.3, 0.4) is 0 Å². The third kappa shape index (κ3) is 1.44.